The predicted octanol–water partition coefficient (Wildman–Crippen LogP) is 2.12. The first-order chi connectivity index (χ1) is 9.20. The van der Waals surface area contributed by atoms with E-state index in [0.29, 0.717) is 18.5 Å². The summed E-state index contributed by atoms with van der Waals surface area (Å²) in [6.07, 6.45) is 0. The van der Waals surface area contributed by atoms with Gasteiger partial charge in [0.25, 0.3) is 0 Å². The lowest BCUT2D eigenvalue weighted by atomic mass is 10.1. The van der Waals surface area contributed by atoms with Crippen molar-refractivity contribution in [3.05, 3.63) is 41.3 Å². The van der Waals surface area contributed by atoms with Gasteiger partial charge in [-0.1, -0.05) is 36.3 Å². The summed E-state index contributed by atoms with van der Waals surface area (Å²) in [5.41, 5.74) is 2.53. The molecule has 0 aliphatic rings. The van der Waals surface area contributed by atoms with E-state index < -0.39 is 0 Å². The van der Waals surface area contributed by atoms with Gasteiger partial charge in [-0.3, -0.25) is 0 Å². The van der Waals surface area contributed by atoms with Gasteiger partial charge in [0.15, 0.2) is 0 Å². The van der Waals surface area contributed by atoms with Crippen molar-refractivity contribution < 1.29 is 4.42 Å². The number of aryl methyl sites for hydroxylation is 1. The van der Waals surface area contributed by atoms with Gasteiger partial charge in [-0.25, -0.2) is 0 Å². The first kappa shape index (κ1) is 13.5. The van der Waals surface area contributed by atoms with Gasteiger partial charge in [-0.15, -0.1) is 5.10 Å². The number of hydrogen-bond acceptors (Lipinski definition) is 5. The second kappa shape index (κ2) is 6.33. The minimum absolute atomic E-state index is 0.552. The quantitative estimate of drug-likeness (QED) is 0.862. The van der Waals surface area contributed by atoms with Gasteiger partial charge in [0, 0.05) is 13.6 Å². The molecule has 0 saturated carbocycles. The lowest BCUT2D eigenvalue weighted by molar-refractivity contribution is 0.468. The van der Waals surface area contributed by atoms with Crippen molar-refractivity contribution >= 4 is 6.01 Å². The molecule has 0 aliphatic carbocycles. The lowest BCUT2D eigenvalue weighted by Gasteiger charge is -2.15. The van der Waals surface area contributed by atoms with Crippen molar-refractivity contribution in [3.8, 4) is 0 Å². The Morgan fingerprint density at radius 1 is 1.26 bits per heavy atom. The Morgan fingerprint density at radius 3 is 2.79 bits per heavy atom. The van der Waals surface area contributed by atoms with Crippen LogP contribution in [-0.2, 0) is 13.1 Å². The van der Waals surface area contributed by atoms with Gasteiger partial charge >= 0.3 is 6.01 Å². The maximum atomic E-state index is 5.60. The molecule has 1 aromatic carbocycles. The van der Waals surface area contributed by atoms with Crippen molar-refractivity contribution in [1.29, 1.82) is 0 Å². The van der Waals surface area contributed by atoms with Gasteiger partial charge < -0.3 is 14.6 Å². The third-order valence-electron chi connectivity index (χ3n) is 2.98. The molecule has 0 spiro atoms. The van der Waals surface area contributed by atoms with Gasteiger partial charge in [0.05, 0.1) is 6.54 Å². The normalized spacial score (nSPS) is 10.7. The van der Waals surface area contributed by atoms with Crippen LogP contribution in [0.3, 0.4) is 0 Å². The van der Waals surface area contributed by atoms with Crippen LogP contribution in [0.2, 0.25) is 0 Å². The monoisotopic (exact) mass is 260 g/mol. The molecule has 1 heterocycles. The van der Waals surface area contributed by atoms with E-state index in [9.17, 15) is 0 Å². The molecule has 0 unspecified atom stereocenters. The van der Waals surface area contributed by atoms with E-state index in [0.717, 1.165) is 13.1 Å². The van der Waals surface area contributed by atoms with Crippen molar-refractivity contribution in [2.45, 2.75) is 26.9 Å². The molecule has 5 nitrogen and oxygen atoms in total. The van der Waals surface area contributed by atoms with Gasteiger partial charge in [-0.05, 0) is 24.6 Å². The number of benzene rings is 1. The minimum atomic E-state index is 0.552. The van der Waals surface area contributed by atoms with E-state index in [1.165, 1.54) is 11.1 Å². The number of aromatic nitrogens is 2. The Morgan fingerprint density at radius 2 is 2.05 bits per heavy atom. The summed E-state index contributed by atoms with van der Waals surface area (Å²) in [6.45, 7) is 6.41. The maximum Gasteiger partial charge on any atom is 0.318 e. The number of rotatable bonds is 6. The van der Waals surface area contributed by atoms with Crippen LogP contribution in [0.1, 0.15) is 23.9 Å². The minimum Gasteiger partial charge on any atom is -0.407 e. The second-order valence-electron chi connectivity index (χ2n) is 4.54. The molecule has 1 aromatic heterocycles. The molecule has 19 heavy (non-hydrogen) atoms. The number of nitrogens with zero attached hydrogens (tertiary/aromatic N) is 3. The van der Waals surface area contributed by atoms with Gasteiger partial charge in [-0.2, -0.15) is 0 Å². The molecular formula is C14H20N4O. The van der Waals surface area contributed by atoms with E-state index in [-0.39, 0.29) is 0 Å². The zero-order valence-electron chi connectivity index (χ0n) is 11.7. The zero-order chi connectivity index (χ0) is 13.7. The zero-order valence-corrected chi connectivity index (χ0v) is 11.7. The summed E-state index contributed by atoms with van der Waals surface area (Å²) >= 11 is 0. The number of hydrogen-bond donors (Lipinski definition) is 1. The fourth-order valence-corrected chi connectivity index (χ4v) is 1.81. The fourth-order valence-electron chi connectivity index (χ4n) is 1.81. The Kier molecular flexibility index (Phi) is 4.52. The average molecular weight is 260 g/mol. The Balaban J connectivity index is 2.01. The van der Waals surface area contributed by atoms with E-state index in [1.54, 1.807) is 0 Å². The molecule has 0 aliphatic heterocycles. The third kappa shape index (κ3) is 3.54. The van der Waals surface area contributed by atoms with Crippen molar-refractivity contribution in [2.75, 3.05) is 18.5 Å². The van der Waals surface area contributed by atoms with E-state index in [4.69, 9.17) is 4.42 Å². The van der Waals surface area contributed by atoms with Gasteiger partial charge in [0.2, 0.25) is 5.89 Å². The molecule has 0 atom stereocenters. The van der Waals surface area contributed by atoms with Crippen LogP contribution in [0.5, 0.6) is 0 Å². The average Bonchev–Trinajstić information content (AvgIpc) is 2.88. The number of anilines is 1. The van der Waals surface area contributed by atoms with Crippen molar-refractivity contribution in [2.24, 2.45) is 0 Å². The second-order valence-corrected chi connectivity index (χ2v) is 4.54. The topological polar surface area (TPSA) is 54.2 Å². The molecule has 0 amide bonds. The molecule has 1 N–H and O–H groups in total. The molecule has 5 heteroatoms. The third-order valence-corrected chi connectivity index (χ3v) is 2.98. The van der Waals surface area contributed by atoms with Crippen LogP contribution in [0, 0.1) is 6.92 Å². The molecule has 0 saturated heterocycles. The molecule has 2 rings (SSSR count). The highest BCUT2D eigenvalue weighted by Gasteiger charge is 2.11. The van der Waals surface area contributed by atoms with Crippen LogP contribution in [0.4, 0.5) is 6.01 Å². The lowest BCUT2D eigenvalue weighted by Crippen LogP contribution is -2.17. The first-order valence-electron chi connectivity index (χ1n) is 6.49. The number of nitrogens with one attached hydrogen (secondary N) is 1. The summed E-state index contributed by atoms with van der Waals surface area (Å²) in [6, 6.07) is 8.85. The Bertz CT molecular complexity index is 524. The van der Waals surface area contributed by atoms with E-state index in [2.05, 4.69) is 34.6 Å². The highest BCUT2D eigenvalue weighted by molar-refractivity contribution is 5.31. The van der Waals surface area contributed by atoms with Crippen LogP contribution in [0.25, 0.3) is 0 Å². The Hall–Kier alpha value is -1.88. The van der Waals surface area contributed by atoms with Crippen molar-refractivity contribution in [1.82, 2.24) is 15.5 Å². The van der Waals surface area contributed by atoms with Crippen LogP contribution < -0.4 is 10.2 Å². The standard InChI is InChI=1S/C14H20N4O/c1-4-15-9-13-16-17-14(19-13)18(3)10-12-8-6-5-7-11(12)2/h5-8,15H,4,9-10H2,1-3H3. The molecule has 102 valence electrons. The summed E-state index contributed by atoms with van der Waals surface area (Å²) in [5.74, 6) is 0.619. The maximum absolute atomic E-state index is 5.60. The fraction of sp³-hybridized carbons (Fsp3) is 0.429. The summed E-state index contributed by atoms with van der Waals surface area (Å²) in [7, 11) is 1.96. The van der Waals surface area contributed by atoms with Crippen LogP contribution in [0.15, 0.2) is 28.7 Å². The predicted molar refractivity (Wildman–Crippen MR) is 75.0 cm³/mol. The summed E-state index contributed by atoms with van der Waals surface area (Å²) in [4.78, 5) is 1.96. The first-order valence-corrected chi connectivity index (χ1v) is 6.49. The largest absolute Gasteiger partial charge is 0.407 e. The molecule has 2 aromatic rings. The van der Waals surface area contributed by atoms with E-state index >= 15 is 0 Å². The molecular weight excluding hydrogens is 240 g/mol. The molecule has 0 fully saturated rings. The highest BCUT2D eigenvalue weighted by Crippen LogP contribution is 2.15. The Labute approximate surface area is 113 Å². The van der Waals surface area contributed by atoms with Crippen molar-refractivity contribution in [3.63, 3.8) is 0 Å². The molecule has 0 radical (unpaired) electrons. The van der Waals surface area contributed by atoms with Crippen LogP contribution in [-0.4, -0.2) is 23.8 Å². The smallest absolute Gasteiger partial charge is 0.318 e. The highest BCUT2D eigenvalue weighted by atomic mass is 16.4. The SMILES string of the molecule is CCNCc1nnc(N(C)Cc2ccccc2C)o1. The molecule has 0 bridgehead atoms. The van der Waals surface area contributed by atoms with Gasteiger partial charge in [0.1, 0.15) is 0 Å². The summed E-state index contributed by atoms with van der Waals surface area (Å²) in [5, 5.41) is 11.2. The van der Waals surface area contributed by atoms with E-state index in [1.807, 2.05) is 31.0 Å². The summed E-state index contributed by atoms with van der Waals surface area (Å²) < 4.78 is 5.60. The van der Waals surface area contributed by atoms with Crippen LogP contribution >= 0.6 is 0 Å².